The summed E-state index contributed by atoms with van der Waals surface area (Å²) in [4.78, 5) is 12.1. The van der Waals surface area contributed by atoms with Gasteiger partial charge in [0.25, 0.3) is 0 Å². The summed E-state index contributed by atoms with van der Waals surface area (Å²) in [6, 6.07) is 3.48. The lowest BCUT2D eigenvalue weighted by Crippen LogP contribution is -2.46. The van der Waals surface area contributed by atoms with Gasteiger partial charge < -0.3 is 14.8 Å². The number of rotatable bonds is 4. The Bertz CT molecular complexity index is 627. The first-order valence-corrected chi connectivity index (χ1v) is 9.20. The molecule has 1 aliphatic rings. The summed E-state index contributed by atoms with van der Waals surface area (Å²) < 4.78 is 23.4. The van der Waals surface area contributed by atoms with Crippen LogP contribution in [0.25, 0.3) is 0 Å². The quantitative estimate of drug-likeness (QED) is 0.897. The summed E-state index contributed by atoms with van der Waals surface area (Å²) in [7, 11) is -1.36. The van der Waals surface area contributed by atoms with Crippen molar-refractivity contribution >= 4 is 28.3 Å². The van der Waals surface area contributed by atoms with E-state index in [0.29, 0.717) is 29.7 Å². The van der Waals surface area contributed by atoms with Crippen LogP contribution < -0.4 is 14.8 Å². The average Bonchev–Trinajstić information content (AvgIpc) is 2.44. The minimum atomic E-state index is -1.36. The van der Waals surface area contributed by atoms with Crippen LogP contribution in [0.3, 0.4) is 0 Å². The second-order valence-electron chi connectivity index (χ2n) is 6.51. The number of hydrogen-bond donors (Lipinski definition) is 1. The summed E-state index contributed by atoms with van der Waals surface area (Å²) in [5.74, 6) is 1.09. The predicted molar refractivity (Wildman–Crippen MR) is 91.6 cm³/mol. The number of carbonyl (C=O) groups is 1. The van der Waals surface area contributed by atoms with Crippen molar-refractivity contribution in [3.63, 3.8) is 0 Å². The number of ether oxygens (including phenoxy) is 2. The van der Waals surface area contributed by atoms with Crippen LogP contribution in [0, 0.1) is 0 Å². The Morgan fingerprint density at radius 3 is 2.65 bits per heavy atom. The highest BCUT2D eigenvalue weighted by molar-refractivity contribution is 7.85. The minimum Gasteiger partial charge on any atom is -0.486 e. The van der Waals surface area contributed by atoms with Gasteiger partial charge in [0, 0.05) is 22.1 Å². The Hall–Kier alpha value is -1.27. The van der Waals surface area contributed by atoms with E-state index in [9.17, 15) is 9.00 Å². The van der Waals surface area contributed by atoms with Crippen LogP contribution in [-0.2, 0) is 21.3 Å². The van der Waals surface area contributed by atoms with E-state index in [1.165, 1.54) is 0 Å². The fourth-order valence-corrected chi connectivity index (χ4v) is 3.46. The fourth-order valence-electron chi connectivity index (χ4n) is 2.13. The van der Waals surface area contributed by atoms with Crippen molar-refractivity contribution in [2.24, 2.45) is 0 Å². The minimum absolute atomic E-state index is 0.223. The van der Waals surface area contributed by atoms with Crippen LogP contribution in [0.5, 0.6) is 11.5 Å². The SMILES string of the molecule is C[C@H](C(=O)NC(C)(C)C)[S@@](=O)Cc1cc(Cl)c2c(c1)OCCO2. The van der Waals surface area contributed by atoms with Crippen molar-refractivity contribution in [3.05, 3.63) is 22.7 Å². The van der Waals surface area contributed by atoms with Gasteiger partial charge in [-0.15, -0.1) is 0 Å². The number of nitrogens with one attached hydrogen (secondary N) is 1. The number of halogens is 1. The topological polar surface area (TPSA) is 64.6 Å². The first kappa shape index (κ1) is 18.1. The molecule has 0 saturated carbocycles. The molecule has 0 aliphatic carbocycles. The largest absolute Gasteiger partial charge is 0.486 e. The Morgan fingerprint density at radius 2 is 2.00 bits per heavy atom. The average molecular weight is 360 g/mol. The fraction of sp³-hybridized carbons (Fsp3) is 0.562. The Morgan fingerprint density at radius 1 is 1.35 bits per heavy atom. The van der Waals surface area contributed by atoms with E-state index in [1.54, 1.807) is 19.1 Å². The van der Waals surface area contributed by atoms with E-state index in [4.69, 9.17) is 21.1 Å². The highest BCUT2D eigenvalue weighted by Gasteiger charge is 2.25. The third-order valence-corrected chi connectivity index (χ3v) is 5.13. The Labute approximate surface area is 144 Å². The first-order chi connectivity index (χ1) is 10.7. The molecule has 1 aromatic carbocycles. The molecular formula is C16H22ClNO4S. The van der Waals surface area contributed by atoms with Crippen LogP contribution in [0.1, 0.15) is 33.3 Å². The summed E-state index contributed by atoms with van der Waals surface area (Å²) in [6.07, 6.45) is 0. The molecule has 0 unspecified atom stereocenters. The van der Waals surface area contributed by atoms with Crippen molar-refractivity contribution in [2.45, 2.75) is 44.2 Å². The van der Waals surface area contributed by atoms with E-state index in [-0.39, 0.29) is 17.2 Å². The van der Waals surface area contributed by atoms with E-state index in [0.717, 1.165) is 5.56 Å². The molecule has 1 aliphatic heterocycles. The monoisotopic (exact) mass is 359 g/mol. The van der Waals surface area contributed by atoms with E-state index < -0.39 is 16.0 Å². The maximum absolute atomic E-state index is 12.5. The zero-order valence-corrected chi connectivity index (χ0v) is 15.3. The number of hydrogen-bond acceptors (Lipinski definition) is 4. The van der Waals surface area contributed by atoms with Gasteiger partial charge in [-0.25, -0.2) is 0 Å². The molecule has 0 fully saturated rings. The highest BCUT2D eigenvalue weighted by atomic mass is 35.5. The molecule has 1 amide bonds. The van der Waals surface area contributed by atoms with Gasteiger partial charge in [0.05, 0.1) is 5.02 Å². The number of fused-ring (bicyclic) bond motifs is 1. The molecule has 0 aromatic heterocycles. The second kappa shape index (κ2) is 7.09. The van der Waals surface area contributed by atoms with Gasteiger partial charge in [-0.3, -0.25) is 9.00 Å². The molecule has 1 aromatic rings. The molecule has 5 nitrogen and oxygen atoms in total. The van der Waals surface area contributed by atoms with Gasteiger partial charge >= 0.3 is 0 Å². The summed E-state index contributed by atoms with van der Waals surface area (Å²) in [5, 5.41) is 2.67. The van der Waals surface area contributed by atoms with Gasteiger partial charge in [-0.1, -0.05) is 11.6 Å². The van der Waals surface area contributed by atoms with Crippen molar-refractivity contribution in [1.82, 2.24) is 5.32 Å². The summed E-state index contributed by atoms with van der Waals surface area (Å²) in [6.45, 7) is 8.25. The first-order valence-electron chi connectivity index (χ1n) is 7.44. The second-order valence-corrected chi connectivity index (χ2v) is 8.67. The van der Waals surface area contributed by atoms with E-state index in [1.807, 2.05) is 20.8 Å². The molecule has 2 atom stereocenters. The van der Waals surface area contributed by atoms with Gasteiger partial charge in [-0.05, 0) is 45.4 Å². The smallest absolute Gasteiger partial charge is 0.235 e. The molecule has 2 rings (SSSR count). The van der Waals surface area contributed by atoms with Crippen molar-refractivity contribution in [1.29, 1.82) is 0 Å². The molecule has 0 spiro atoms. The van der Waals surface area contributed by atoms with Gasteiger partial charge in [0.1, 0.15) is 18.5 Å². The summed E-state index contributed by atoms with van der Waals surface area (Å²) in [5.41, 5.74) is 0.406. The van der Waals surface area contributed by atoms with Crippen molar-refractivity contribution in [3.8, 4) is 11.5 Å². The Kier molecular flexibility index (Phi) is 5.57. The molecule has 1 N–H and O–H groups in total. The normalized spacial score (nSPS) is 16.6. The van der Waals surface area contributed by atoms with E-state index in [2.05, 4.69) is 5.32 Å². The van der Waals surface area contributed by atoms with Crippen molar-refractivity contribution < 1.29 is 18.5 Å². The zero-order valence-electron chi connectivity index (χ0n) is 13.8. The molecule has 128 valence electrons. The van der Waals surface area contributed by atoms with Gasteiger partial charge in [0.2, 0.25) is 5.91 Å². The number of benzene rings is 1. The lowest BCUT2D eigenvalue weighted by Gasteiger charge is -2.23. The molecule has 0 radical (unpaired) electrons. The third-order valence-electron chi connectivity index (χ3n) is 3.23. The maximum Gasteiger partial charge on any atom is 0.235 e. The molecule has 23 heavy (non-hydrogen) atoms. The summed E-state index contributed by atoms with van der Waals surface area (Å²) >= 11 is 6.18. The molecule has 0 saturated heterocycles. The highest BCUT2D eigenvalue weighted by Crippen LogP contribution is 2.38. The molecule has 7 heteroatoms. The lowest BCUT2D eigenvalue weighted by molar-refractivity contribution is -0.121. The molecule has 1 heterocycles. The standard InChI is InChI=1S/C16H22ClNO4S/c1-10(15(19)18-16(2,3)4)23(20)9-11-7-12(17)14-13(8-11)21-5-6-22-14/h7-8,10H,5-6,9H2,1-4H3,(H,18,19)/t10-,23+/m1/s1. The van der Waals surface area contributed by atoms with Crippen LogP contribution >= 0.6 is 11.6 Å². The lowest BCUT2D eigenvalue weighted by atomic mass is 10.1. The maximum atomic E-state index is 12.5. The molecular weight excluding hydrogens is 338 g/mol. The van der Waals surface area contributed by atoms with Crippen LogP contribution in [0.2, 0.25) is 5.02 Å². The zero-order chi connectivity index (χ0) is 17.2. The number of carbonyl (C=O) groups excluding carboxylic acids is 1. The van der Waals surface area contributed by atoms with Crippen LogP contribution in [-0.4, -0.2) is 34.1 Å². The van der Waals surface area contributed by atoms with Gasteiger partial charge in [-0.2, -0.15) is 0 Å². The predicted octanol–water partition coefficient (Wildman–Crippen LogP) is 2.66. The van der Waals surface area contributed by atoms with Crippen molar-refractivity contribution in [2.75, 3.05) is 13.2 Å². The van der Waals surface area contributed by atoms with Crippen LogP contribution in [0.15, 0.2) is 12.1 Å². The Balaban J connectivity index is 2.08. The number of amides is 1. The van der Waals surface area contributed by atoms with Gasteiger partial charge in [0.15, 0.2) is 11.5 Å². The van der Waals surface area contributed by atoms with Crippen LogP contribution in [0.4, 0.5) is 0 Å². The molecule has 0 bridgehead atoms. The van der Waals surface area contributed by atoms with E-state index >= 15 is 0 Å². The third kappa shape index (κ3) is 4.85.